The summed E-state index contributed by atoms with van der Waals surface area (Å²) in [5.74, 6) is 1.09. The largest absolute Gasteiger partial charge is 0.508 e. The van der Waals surface area contributed by atoms with Gasteiger partial charge in [0.15, 0.2) is 0 Å². The predicted molar refractivity (Wildman–Crippen MR) is 65.2 cm³/mol. The van der Waals surface area contributed by atoms with Crippen LogP contribution in [0.25, 0.3) is 5.57 Å². The summed E-state index contributed by atoms with van der Waals surface area (Å²) in [4.78, 5) is 2.55. The lowest BCUT2D eigenvalue weighted by Crippen LogP contribution is -2.31. The average Bonchev–Trinajstić information content (AvgIpc) is 2.89. The number of likely N-dealkylation sites (N-methyl/N-ethyl adjacent to an activating group) is 1. The Morgan fingerprint density at radius 3 is 2.69 bits per heavy atom. The molecule has 2 heteroatoms. The van der Waals surface area contributed by atoms with E-state index in [1.807, 2.05) is 12.1 Å². The molecule has 0 aromatic heterocycles. The van der Waals surface area contributed by atoms with Gasteiger partial charge in [-0.3, -0.25) is 4.90 Å². The van der Waals surface area contributed by atoms with Crippen LogP contribution in [0.4, 0.5) is 0 Å². The van der Waals surface area contributed by atoms with Crippen LogP contribution in [0.3, 0.4) is 0 Å². The smallest absolute Gasteiger partial charge is 0.115 e. The number of nitrogens with zero attached hydrogens (tertiary/aromatic N) is 1. The van der Waals surface area contributed by atoms with E-state index in [1.165, 1.54) is 24.1 Å². The third kappa shape index (κ3) is 1.45. The maximum Gasteiger partial charge on any atom is 0.115 e. The lowest BCUT2D eigenvalue weighted by molar-refractivity contribution is 0.303. The van der Waals surface area contributed by atoms with E-state index >= 15 is 0 Å². The highest BCUT2D eigenvalue weighted by molar-refractivity contribution is 5.73. The van der Waals surface area contributed by atoms with Crippen molar-refractivity contribution in [2.45, 2.75) is 19.4 Å². The second-order valence-electron chi connectivity index (χ2n) is 4.77. The van der Waals surface area contributed by atoms with Gasteiger partial charge in [-0.25, -0.2) is 0 Å². The number of aromatic hydroxyl groups is 1. The minimum atomic E-state index is 0.347. The number of fused-ring (bicyclic) bond motifs is 2. The summed E-state index contributed by atoms with van der Waals surface area (Å²) >= 11 is 0. The molecule has 1 aromatic rings. The van der Waals surface area contributed by atoms with E-state index in [2.05, 4.69) is 17.9 Å². The molecule has 2 bridgehead atoms. The summed E-state index contributed by atoms with van der Waals surface area (Å²) in [5.41, 5.74) is 2.72. The summed E-state index contributed by atoms with van der Waals surface area (Å²) in [5, 5.41) is 9.30. The first-order valence-corrected chi connectivity index (χ1v) is 6.03. The second-order valence-corrected chi connectivity index (χ2v) is 4.77. The van der Waals surface area contributed by atoms with Crippen LogP contribution in [-0.2, 0) is 0 Å². The van der Waals surface area contributed by atoms with Crippen molar-refractivity contribution in [1.29, 1.82) is 0 Å². The molecule has 2 atom stereocenters. The van der Waals surface area contributed by atoms with Crippen molar-refractivity contribution in [1.82, 2.24) is 4.90 Å². The van der Waals surface area contributed by atoms with Gasteiger partial charge < -0.3 is 5.11 Å². The Kier molecular flexibility index (Phi) is 2.25. The average molecular weight is 215 g/mol. The van der Waals surface area contributed by atoms with Crippen LogP contribution in [0.15, 0.2) is 30.3 Å². The Morgan fingerprint density at radius 2 is 2.06 bits per heavy atom. The third-order valence-electron chi connectivity index (χ3n) is 3.82. The van der Waals surface area contributed by atoms with Crippen LogP contribution in [0, 0.1) is 5.92 Å². The molecule has 2 nitrogen and oxygen atoms in total. The maximum absolute atomic E-state index is 9.30. The fraction of sp³-hybridized carbons (Fsp3) is 0.429. The highest BCUT2D eigenvalue weighted by Gasteiger charge is 2.38. The highest BCUT2D eigenvalue weighted by Crippen LogP contribution is 2.41. The molecule has 1 aromatic carbocycles. The quantitative estimate of drug-likeness (QED) is 0.819. The van der Waals surface area contributed by atoms with Crippen LogP contribution in [-0.4, -0.2) is 29.1 Å². The molecule has 2 aliphatic rings. The van der Waals surface area contributed by atoms with Crippen molar-refractivity contribution < 1.29 is 5.11 Å². The highest BCUT2D eigenvalue weighted by atomic mass is 16.3. The Bertz CT molecular complexity index is 421. The molecule has 0 spiro atoms. The van der Waals surface area contributed by atoms with Crippen molar-refractivity contribution >= 4 is 5.57 Å². The third-order valence-corrected chi connectivity index (χ3v) is 3.82. The first kappa shape index (κ1) is 9.91. The van der Waals surface area contributed by atoms with E-state index in [0.717, 1.165) is 12.5 Å². The first-order chi connectivity index (χ1) is 7.78. The fourth-order valence-electron chi connectivity index (χ4n) is 3.04. The van der Waals surface area contributed by atoms with Crippen molar-refractivity contribution in [3.8, 4) is 5.75 Å². The van der Waals surface area contributed by atoms with Gasteiger partial charge in [-0.15, -0.1) is 0 Å². The van der Waals surface area contributed by atoms with Crippen LogP contribution in [0.5, 0.6) is 5.75 Å². The number of likely N-dealkylation sites (tertiary alicyclic amines) is 1. The molecule has 1 N–H and O–H groups in total. The van der Waals surface area contributed by atoms with Crippen LogP contribution >= 0.6 is 0 Å². The van der Waals surface area contributed by atoms with E-state index in [4.69, 9.17) is 0 Å². The van der Waals surface area contributed by atoms with E-state index in [9.17, 15) is 5.11 Å². The molecule has 84 valence electrons. The molecule has 1 heterocycles. The topological polar surface area (TPSA) is 23.5 Å². The summed E-state index contributed by atoms with van der Waals surface area (Å²) < 4.78 is 0. The Hall–Kier alpha value is -1.28. The van der Waals surface area contributed by atoms with Gasteiger partial charge in [0, 0.05) is 12.6 Å². The number of phenols is 1. The number of rotatable bonds is 2. The summed E-state index contributed by atoms with van der Waals surface area (Å²) in [6.07, 6.45) is 3.70. The second kappa shape index (κ2) is 3.63. The number of hydrogen-bond acceptors (Lipinski definition) is 2. The molecule has 0 radical (unpaired) electrons. The van der Waals surface area contributed by atoms with E-state index in [0.29, 0.717) is 11.8 Å². The van der Waals surface area contributed by atoms with Gasteiger partial charge in [0.25, 0.3) is 0 Å². The molecule has 2 unspecified atom stereocenters. The van der Waals surface area contributed by atoms with Crippen molar-refractivity contribution in [2.75, 3.05) is 13.1 Å². The molecule has 0 amide bonds. The molecule has 1 fully saturated rings. The van der Waals surface area contributed by atoms with Gasteiger partial charge in [-0.05, 0) is 42.2 Å². The van der Waals surface area contributed by atoms with Gasteiger partial charge in [-0.2, -0.15) is 0 Å². The summed E-state index contributed by atoms with van der Waals surface area (Å²) in [6, 6.07) is 8.21. The Morgan fingerprint density at radius 1 is 1.31 bits per heavy atom. The first-order valence-electron chi connectivity index (χ1n) is 6.03. The molecular weight excluding hydrogens is 198 g/mol. The number of benzene rings is 1. The lowest BCUT2D eigenvalue weighted by atomic mass is 10.00. The standard InChI is InChI=1S/C14H17NO/c1-2-15-9-10-7-13(14(15)8-10)11-3-5-12(16)6-4-11/h3-7,10,14,16H,2,8-9H2,1H3. The van der Waals surface area contributed by atoms with Crippen molar-refractivity contribution in [3.05, 3.63) is 35.9 Å². The van der Waals surface area contributed by atoms with E-state index in [-0.39, 0.29) is 0 Å². The summed E-state index contributed by atoms with van der Waals surface area (Å²) in [7, 11) is 0. The minimum Gasteiger partial charge on any atom is -0.508 e. The molecule has 1 aliphatic carbocycles. The zero-order valence-corrected chi connectivity index (χ0v) is 9.56. The zero-order valence-electron chi connectivity index (χ0n) is 9.56. The SMILES string of the molecule is CCN1CC2C=C(c3ccc(O)cc3)C1C2. The van der Waals surface area contributed by atoms with Crippen LogP contribution < -0.4 is 0 Å². The van der Waals surface area contributed by atoms with Gasteiger partial charge in [0.05, 0.1) is 0 Å². The van der Waals surface area contributed by atoms with Crippen molar-refractivity contribution in [2.24, 2.45) is 5.92 Å². The van der Waals surface area contributed by atoms with E-state index < -0.39 is 0 Å². The fourth-order valence-corrected chi connectivity index (χ4v) is 3.04. The Labute approximate surface area is 96.2 Å². The molecule has 0 saturated carbocycles. The zero-order chi connectivity index (χ0) is 11.1. The number of hydrogen-bond donors (Lipinski definition) is 1. The number of phenolic OH excluding ortho intramolecular Hbond substituents is 1. The molecular formula is C14H17NO. The lowest BCUT2D eigenvalue weighted by Gasteiger charge is -2.27. The van der Waals surface area contributed by atoms with Crippen molar-refractivity contribution in [3.63, 3.8) is 0 Å². The molecule has 16 heavy (non-hydrogen) atoms. The predicted octanol–water partition coefficient (Wildman–Crippen LogP) is 2.50. The molecule has 1 aliphatic heterocycles. The van der Waals surface area contributed by atoms with Gasteiger partial charge in [0.2, 0.25) is 0 Å². The minimum absolute atomic E-state index is 0.347. The normalized spacial score (nSPS) is 28.4. The van der Waals surface area contributed by atoms with Gasteiger partial charge in [-0.1, -0.05) is 25.1 Å². The van der Waals surface area contributed by atoms with E-state index in [1.54, 1.807) is 12.1 Å². The monoisotopic (exact) mass is 215 g/mol. The van der Waals surface area contributed by atoms with Crippen LogP contribution in [0.2, 0.25) is 0 Å². The van der Waals surface area contributed by atoms with Gasteiger partial charge in [0.1, 0.15) is 5.75 Å². The Balaban J connectivity index is 1.91. The maximum atomic E-state index is 9.30. The molecule has 1 saturated heterocycles. The van der Waals surface area contributed by atoms with Gasteiger partial charge >= 0.3 is 0 Å². The summed E-state index contributed by atoms with van der Waals surface area (Å²) in [6.45, 7) is 4.59. The molecule has 3 rings (SSSR count). The van der Waals surface area contributed by atoms with Crippen LogP contribution in [0.1, 0.15) is 18.9 Å².